The molecule has 0 aliphatic carbocycles. The Labute approximate surface area is 120 Å². The maximum absolute atomic E-state index is 5.87. The fourth-order valence-electron chi connectivity index (χ4n) is 1.53. The van der Waals surface area contributed by atoms with E-state index in [4.69, 9.17) is 23.8 Å². The highest BCUT2D eigenvalue weighted by Crippen LogP contribution is 2.10. The van der Waals surface area contributed by atoms with Crippen LogP contribution in [0.25, 0.3) is 0 Å². The Kier molecular flexibility index (Phi) is 6.76. The molecule has 0 bridgehead atoms. The molecule has 1 rings (SSSR count). The number of para-hydroxylation sites is 1. The predicted molar refractivity (Wildman–Crippen MR) is 84.1 cm³/mol. The van der Waals surface area contributed by atoms with Crippen LogP contribution in [0, 0.1) is 0 Å². The molecule has 2 nitrogen and oxygen atoms in total. The van der Waals surface area contributed by atoms with Crippen molar-refractivity contribution >= 4 is 34.6 Å². The van der Waals surface area contributed by atoms with Gasteiger partial charge < -0.3 is 10.2 Å². The van der Waals surface area contributed by atoms with Crippen LogP contribution in [0.1, 0.15) is 19.8 Å². The molecule has 0 heterocycles. The van der Waals surface area contributed by atoms with Crippen LogP contribution in [-0.4, -0.2) is 23.1 Å². The SMILES string of the molecule is C=C(Cl)CN(CCCC)C(=S)Nc1ccccc1. The topological polar surface area (TPSA) is 15.3 Å². The summed E-state index contributed by atoms with van der Waals surface area (Å²) in [7, 11) is 0. The van der Waals surface area contributed by atoms with Crippen molar-refractivity contribution in [3.63, 3.8) is 0 Å². The third kappa shape index (κ3) is 5.52. The zero-order valence-electron chi connectivity index (χ0n) is 10.7. The predicted octanol–water partition coefficient (Wildman–Crippen LogP) is 4.24. The lowest BCUT2D eigenvalue weighted by atomic mass is 10.3. The number of benzene rings is 1. The zero-order chi connectivity index (χ0) is 13.4. The Bertz CT molecular complexity index is 392. The van der Waals surface area contributed by atoms with Crippen molar-refractivity contribution in [2.75, 3.05) is 18.4 Å². The maximum atomic E-state index is 5.87. The van der Waals surface area contributed by atoms with Gasteiger partial charge in [-0.25, -0.2) is 0 Å². The van der Waals surface area contributed by atoms with E-state index in [0.717, 1.165) is 25.1 Å². The molecule has 98 valence electrons. The number of hydrogen-bond acceptors (Lipinski definition) is 1. The molecular formula is C14H19ClN2S. The molecule has 4 heteroatoms. The molecule has 1 N–H and O–H groups in total. The lowest BCUT2D eigenvalue weighted by molar-refractivity contribution is 0.450. The molecular weight excluding hydrogens is 264 g/mol. The van der Waals surface area contributed by atoms with Gasteiger partial charge in [-0.15, -0.1) is 0 Å². The summed E-state index contributed by atoms with van der Waals surface area (Å²) >= 11 is 11.3. The number of thiocarbonyl (C=S) groups is 1. The molecule has 0 saturated heterocycles. The molecule has 18 heavy (non-hydrogen) atoms. The summed E-state index contributed by atoms with van der Waals surface area (Å²) in [5.41, 5.74) is 0.990. The normalized spacial score (nSPS) is 9.89. The summed E-state index contributed by atoms with van der Waals surface area (Å²) in [5, 5.41) is 4.51. The summed E-state index contributed by atoms with van der Waals surface area (Å²) in [5.74, 6) is 0. The van der Waals surface area contributed by atoms with E-state index in [1.54, 1.807) is 0 Å². The Morgan fingerprint density at radius 1 is 1.39 bits per heavy atom. The first-order valence-corrected chi connectivity index (χ1v) is 6.86. The minimum Gasteiger partial charge on any atom is -0.344 e. The number of nitrogens with zero attached hydrogens (tertiary/aromatic N) is 1. The molecule has 0 unspecified atom stereocenters. The second-order valence-corrected chi connectivity index (χ2v) is 5.01. The zero-order valence-corrected chi connectivity index (χ0v) is 12.2. The molecule has 0 aromatic heterocycles. The minimum atomic E-state index is 0.584. The molecule has 0 spiro atoms. The first-order valence-electron chi connectivity index (χ1n) is 6.07. The van der Waals surface area contributed by atoms with Crippen LogP contribution in [0.5, 0.6) is 0 Å². The van der Waals surface area contributed by atoms with Gasteiger partial charge in [0.25, 0.3) is 0 Å². The number of halogens is 1. The Morgan fingerprint density at radius 3 is 2.61 bits per heavy atom. The van der Waals surface area contributed by atoms with Crippen molar-refractivity contribution < 1.29 is 0 Å². The first kappa shape index (κ1) is 15.0. The molecule has 1 aromatic rings. The van der Waals surface area contributed by atoms with Crippen LogP contribution in [0.3, 0.4) is 0 Å². The highest BCUT2D eigenvalue weighted by Gasteiger charge is 2.09. The summed E-state index contributed by atoms with van der Waals surface area (Å²) < 4.78 is 0. The molecule has 0 aliphatic rings. The molecule has 0 atom stereocenters. The number of unbranched alkanes of at least 4 members (excludes halogenated alkanes) is 1. The van der Waals surface area contributed by atoms with E-state index in [0.29, 0.717) is 16.7 Å². The van der Waals surface area contributed by atoms with Gasteiger partial charge >= 0.3 is 0 Å². The molecule has 0 radical (unpaired) electrons. The summed E-state index contributed by atoms with van der Waals surface area (Å²) in [4.78, 5) is 2.04. The second kappa shape index (κ2) is 8.11. The van der Waals surface area contributed by atoms with Crippen molar-refractivity contribution in [2.24, 2.45) is 0 Å². The van der Waals surface area contributed by atoms with E-state index in [1.807, 2.05) is 35.2 Å². The number of hydrogen-bond donors (Lipinski definition) is 1. The summed E-state index contributed by atoms with van der Waals surface area (Å²) in [6, 6.07) is 9.90. The standard InChI is InChI=1S/C14H19ClN2S/c1-3-4-10-17(11-12(2)15)14(18)16-13-8-6-5-7-9-13/h5-9H,2-4,10-11H2,1H3,(H,16,18). The molecule has 0 saturated carbocycles. The summed E-state index contributed by atoms with van der Waals surface area (Å²) in [6.07, 6.45) is 2.21. The Hall–Kier alpha value is -1.06. The highest BCUT2D eigenvalue weighted by atomic mass is 35.5. The smallest absolute Gasteiger partial charge is 0.173 e. The summed E-state index contributed by atoms with van der Waals surface area (Å²) in [6.45, 7) is 7.36. The van der Waals surface area contributed by atoms with Gasteiger partial charge in [-0.2, -0.15) is 0 Å². The Balaban J connectivity index is 2.60. The van der Waals surface area contributed by atoms with Crippen molar-refractivity contribution in [3.05, 3.63) is 41.9 Å². The molecule has 1 aromatic carbocycles. The van der Waals surface area contributed by atoms with Gasteiger partial charge in [0.1, 0.15) is 0 Å². The quantitative estimate of drug-likeness (QED) is 0.786. The third-order valence-corrected chi connectivity index (χ3v) is 2.94. The average molecular weight is 283 g/mol. The van der Waals surface area contributed by atoms with E-state index in [2.05, 4.69) is 18.8 Å². The third-order valence-electron chi connectivity index (χ3n) is 2.46. The van der Waals surface area contributed by atoms with Crippen molar-refractivity contribution in [3.8, 4) is 0 Å². The van der Waals surface area contributed by atoms with Crippen molar-refractivity contribution in [1.29, 1.82) is 0 Å². The van der Waals surface area contributed by atoms with Gasteiger partial charge in [0.2, 0.25) is 0 Å². The van der Waals surface area contributed by atoms with Crippen LogP contribution in [0.4, 0.5) is 5.69 Å². The largest absolute Gasteiger partial charge is 0.344 e. The second-order valence-electron chi connectivity index (χ2n) is 4.09. The van der Waals surface area contributed by atoms with Crippen LogP contribution >= 0.6 is 23.8 Å². The van der Waals surface area contributed by atoms with Crippen molar-refractivity contribution in [1.82, 2.24) is 4.90 Å². The number of anilines is 1. The highest BCUT2D eigenvalue weighted by molar-refractivity contribution is 7.80. The lowest BCUT2D eigenvalue weighted by Gasteiger charge is -2.25. The van der Waals surface area contributed by atoms with Gasteiger partial charge in [-0.05, 0) is 30.8 Å². The van der Waals surface area contributed by atoms with Crippen molar-refractivity contribution in [2.45, 2.75) is 19.8 Å². The molecule has 0 amide bonds. The maximum Gasteiger partial charge on any atom is 0.173 e. The van der Waals surface area contributed by atoms with Gasteiger partial charge in [-0.1, -0.05) is 49.7 Å². The molecule has 0 aliphatic heterocycles. The minimum absolute atomic E-state index is 0.584. The van der Waals surface area contributed by atoms with Crippen LogP contribution in [0.15, 0.2) is 41.9 Å². The van der Waals surface area contributed by atoms with E-state index in [-0.39, 0.29) is 0 Å². The van der Waals surface area contributed by atoms with Crippen LogP contribution in [-0.2, 0) is 0 Å². The number of nitrogens with one attached hydrogen (secondary N) is 1. The van der Waals surface area contributed by atoms with E-state index in [9.17, 15) is 0 Å². The lowest BCUT2D eigenvalue weighted by Crippen LogP contribution is -2.36. The monoisotopic (exact) mass is 282 g/mol. The van der Waals surface area contributed by atoms with Crippen LogP contribution < -0.4 is 5.32 Å². The van der Waals surface area contributed by atoms with E-state index >= 15 is 0 Å². The van der Waals surface area contributed by atoms with E-state index < -0.39 is 0 Å². The van der Waals surface area contributed by atoms with Gasteiger partial charge in [0.05, 0.1) is 6.54 Å². The van der Waals surface area contributed by atoms with Gasteiger partial charge in [0, 0.05) is 17.3 Å². The fourth-order valence-corrected chi connectivity index (χ4v) is 1.95. The van der Waals surface area contributed by atoms with Gasteiger partial charge in [0.15, 0.2) is 5.11 Å². The molecule has 0 fully saturated rings. The average Bonchev–Trinajstić information content (AvgIpc) is 2.35. The number of rotatable bonds is 6. The van der Waals surface area contributed by atoms with E-state index in [1.165, 1.54) is 0 Å². The Morgan fingerprint density at radius 2 is 2.06 bits per heavy atom. The van der Waals surface area contributed by atoms with Crippen LogP contribution in [0.2, 0.25) is 0 Å². The first-order chi connectivity index (χ1) is 8.63. The fraction of sp³-hybridized carbons (Fsp3) is 0.357. The van der Waals surface area contributed by atoms with Gasteiger partial charge in [-0.3, -0.25) is 0 Å².